The molecule has 1 aromatic carbocycles. The van der Waals surface area contributed by atoms with Crippen LogP contribution in [0.3, 0.4) is 0 Å². The van der Waals surface area contributed by atoms with Crippen molar-refractivity contribution in [3.8, 4) is 0 Å². The van der Waals surface area contributed by atoms with E-state index in [1.807, 2.05) is 11.8 Å². The molecule has 0 aromatic heterocycles. The van der Waals surface area contributed by atoms with E-state index in [0.29, 0.717) is 5.25 Å². The van der Waals surface area contributed by atoms with Crippen molar-refractivity contribution in [2.45, 2.75) is 35.2 Å². The highest BCUT2D eigenvalue weighted by Crippen LogP contribution is 2.40. The molecule has 2 nitrogen and oxygen atoms in total. The first-order chi connectivity index (χ1) is 7.99. The molecule has 1 N–H and O–H groups in total. The Labute approximate surface area is 110 Å². The summed E-state index contributed by atoms with van der Waals surface area (Å²) in [4.78, 5) is 12.4. The maximum Gasteiger partial charge on any atom is 0.319 e. The Hall–Kier alpha value is -0.610. The molecule has 0 saturated carbocycles. The quantitative estimate of drug-likeness (QED) is 0.909. The van der Waals surface area contributed by atoms with Gasteiger partial charge in [0.2, 0.25) is 0 Å². The number of fused-ring (bicyclic) bond motifs is 1. The lowest BCUT2D eigenvalue weighted by atomic mass is 10.1. The zero-order chi connectivity index (χ0) is 12.5. The molecule has 1 aliphatic heterocycles. The molecule has 0 radical (unpaired) electrons. The highest BCUT2D eigenvalue weighted by molar-refractivity contribution is 8.04. The first-order valence-electron chi connectivity index (χ1n) is 5.61. The number of carboxylic acids is 1. The van der Waals surface area contributed by atoms with Crippen molar-refractivity contribution in [1.82, 2.24) is 0 Å². The average Bonchev–Trinajstić information content (AvgIpc) is 2.69. The lowest BCUT2D eigenvalue weighted by molar-refractivity contribution is -0.138. The van der Waals surface area contributed by atoms with Crippen LogP contribution in [0.25, 0.3) is 0 Å². The summed E-state index contributed by atoms with van der Waals surface area (Å²) in [5, 5.41) is 9.57. The maximum atomic E-state index is 11.0. The monoisotopic (exact) mass is 268 g/mol. The van der Waals surface area contributed by atoms with Crippen molar-refractivity contribution in [1.29, 1.82) is 0 Å². The summed E-state index contributed by atoms with van der Waals surface area (Å²) < 4.78 is -0.685. The first-order valence-corrected chi connectivity index (χ1v) is 7.47. The van der Waals surface area contributed by atoms with Crippen molar-refractivity contribution in [3.05, 3.63) is 29.8 Å². The average molecular weight is 268 g/mol. The normalized spacial score (nSPS) is 19.1. The SMILES string of the molecule is CC(C)(SCC1Cc2ccccc2S1)C(=O)O. The number of aliphatic carboxylic acids is 1. The van der Waals surface area contributed by atoms with Crippen molar-refractivity contribution in [2.75, 3.05) is 5.75 Å². The number of hydrogen-bond acceptors (Lipinski definition) is 3. The lowest BCUT2D eigenvalue weighted by Crippen LogP contribution is -2.28. The molecule has 1 atom stereocenters. The fourth-order valence-electron chi connectivity index (χ4n) is 1.71. The van der Waals surface area contributed by atoms with Gasteiger partial charge in [0.1, 0.15) is 4.75 Å². The van der Waals surface area contributed by atoms with E-state index in [1.54, 1.807) is 13.8 Å². The number of carbonyl (C=O) groups is 1. The van der Waals surface area contributed by atoms with Crippen LogP contribution in [0.4, 0.5) is 0 Å². The van der Waals surface area contributed by atoms with Gasteiger partial charge in [-0.3, -0.25) is 4.79 Å². The highest BCUT2D eigenvalue weighted by atomic mass is 32.2. The molecule has 1 unspecified atom stereocenters. The molecule has 0 aliphatic carbocycles. The van der Waals surface area contributed by atoms with Crippen molar-refractivity contribution in [2.24, 2.45) is 0 Å². The van der Waals surface area contributed by atoms with E-state index in [-0.39, 0.29) is 0 Å². The van der Waals surface area contributed by atoms with Crippen LogP contribution in [0.2, 0.25) is 0 Å². The summed E-state index contributed by atoms with van der Waals surface area (Å²) in [5.41, 5.74) is 1.40. The van der Waals surface area contributed by atoms with Gasteiger partial charge in [-0.1, -0.05) is 18.2 Å². The van der Waals surface area contributed by atoms with E-state index in [0.717, 1.165) is 12.2 Å². The zero-order valence-corrected chi connectivity index (χ0v) is 11.6. The first kappa shape index (κ1) is 12.8. The Morgan fingerprint density at radius 1 is 1.53 bits per heavy atom. The van der Waals surface area contributed by atoms with Crippen molar-refractivity contribution >= 4 is 29.5 Å². The third-order valence-electron chi connectivity index (χ3n) is 2.86. The molecule has 0 spiro atoms. The minimum absolute atomic E-state index is 0.510. The van der Waals surface area contributed by atoms with E-state index >= 15 is 0 Å². The van der Waals surface area contributed by atoms with Crippen LogP contribution in [0, 0.1) is 0 Å². The Morgan fingerprint density at radius 3 is 2.88 bits per heavy atom. The van der Waals surface area contributed by atoms with Gasteiger partial charge in [-0.15, -0.1) is 23.5 Å². The summed E-state index contributed by atoms with van der Waals surface area (Å²) >= 11 is 3.41. The van der Waals surface area contributed by atoms with Gasteiger partial charge in [0.05, 0.1) is 0 Å². The van der Waals surface area contributed by atoms with E-state index in [4.69, 9.17) is 5.11 Å². The van der Waals surface area contributed by atoms with Gasteiger partial charge in [0.25, 0.3) is 0 Å². The van der Waals surface area contributed by atoms with Crippen LogP contribution in [-0.2, 0) is 11.2 Å². The van der Waals surface area contributed by atoms with Crippen LogP contribution in [0.5, 0.6) is 0 Å². The summed E-state index contributed by atoms with van der Waals surface area (Å²) in [7, 11) is 0. The molecular weight excluding hydrogens is 252 g/mol. The molecule has 0 fully saturated rings. The van der Waals surface area contributed by atoms with Crippen molar-refractivity contribution < 1.29 is 9.90 Å². The van der Waals surface area contributed by atoms with E-state index in [1.165, 1.54) is 22.2 Å². The Balaban J connectivity index is 1.91. The molecular formula is C13H16O2S2. The van der Waals surface area contributed by atoms with Gasteiger partial charge in [-0.05, 0) is 31.9 Å². The second-order valence-electron chi connectivity index (χ2n) is 4.68. The summed E-state index contributed by atoms with van der Waals surface area (Å²) in [5.74, 6) is 0.154. The highest BCUT2D eigenvalue weighted by Gasteiger charge is 2.30. The van der Waals surface area contributed by atoms with Gasteiger partial charge < -0.3 is 5.11 Å². The fourth-order valence-corrected chi connectivity index (χ4v) is 4.11. The molecule has 17 heavy (non-hydrogen) atoms. The molecule has 1 heterocycles. The second kappa shape index (κ2) is 4.94. The molecule has 0 saturated heterocycles. The Bertz CT molecular complexity index is 404. The van der Waals surface area contributed by atoms with Gasteiger partial charge in [-0.25, -0.2) is 0 Å². The fraction of sp³-hybridized carbons (Fsp3) is 0.462. The molecule has 0 amide bonds. The predicted octanol–water partition coefficient (Wildman–Crippen LogP) is 3.30. The topological polar surface area (TPSA) is 37.3 Å². The third-order valence-corrected chi connectivity index (χ3v) is 5.85. The van der Waals surface area contributed by atoms with E-state index in [9.17, 15) is 4.79 Å². The van der Waals surface area contributed by atoms with Crippen LogP contribution in [0.15, 0.2) is 29.2 Å². The van der Waals surface area contributed by atoms with Crippen molar-refractivity contribution in [3.63, 3.8) is 0 Å². The summed E-state index contributed by atoms with van der Waals surface area (Å²) in [6.07, 6.45) is 1.06. The van der Waals surface area contributed by atoms with Gasteiger partial charge in [0, 0.05) is 15.9 Å². The standard InChI is InChI=1S/C13H16O2S2/c1-13(2,12(14)15)16-8-10-7-9-5-3-4-6-11(9)17-10/h3-6,10H,7-8H2,1-2H3,(H,14,15). The second-order valence-corrected chi connectivity index (χ2v) is 7.66. The Morgan fingerprint density at radius 2 is 2.24 bits per heavy atom. The van der Waals surface area contributed by atoms with Crippen LogP contribution >= 0.6 is 23.5 Å². The number of thioether (sulfide) groups is 2. The van der Waals surface area contributed by atoms with E-state index < -0.39 is 10.7 Å². The molecule has 4 heteroatoms. The number of hydrogen-bond donors (Lipinski definition) is 1. The van der Waals surface area contributed by atoms with Gasteiger partial charge in [0.15, 0.2) is 0 Å². The minimum Gasteiger partial charge on any atom is -0.480 e. The van der Waals surface area contributed by atoms with Crippen LogP contribution in [0.1, 0.15) is 19.4 Å². The minimum atomic E-state index is -0.733. The molecule has 1 aliphatic rings. The van der Waals surface area contributed by atoms with Gasteiger partial charge in [-0.2, -0.15) is 0 Å². The van der Waals surface area contributed by atoms with Gasteiger partial charge >= 0.3 is 5.97 Å². The smallest absolute Gasteiger partial charge is 0.319 e. The number of benzene rings is 1. The largest absolute Gasteiger partial charge is 0.480 e. The molecule has 2 rings (SSSR count). The number of carboxylic acid groups (broad SMARTS) is 1. The van der Waals surface area contributed by atoms with E-state index in [2.05, 4.69) is 24.3 Å². The summed E-state index contributed by atoms with van der Waals surface area (Å²) in [6, 6.07) is 8.43. The summed E-state index contributed by atoms with van der Waals surface area (Å²) in [6.45, 7) is 3.54. The molecule has 0 bridgehead atoms. The van der Waals surface area contributed by atoms with Crippen LogP contribution in [-0.4, -0.2) is 26.8 Å². The predicted molar refractivity (Wildman–Crippen MR) is 74.0 cm³/mol. The third kappa shape index (κ3) is 2.99. The molecule has 1 aromatic rings. The Kier molecular flexibility index (Phi) is 3.73. The maximum absolute atomic E-state index is 11.0. The number of rotatable bonds is 4. The lowest BCUT2D eigenvalue weighted by Gasteiger charge is -2.20. The molecule has 92 valence electrons. The zero-order valence-electron chi connectivity index (χ0n) is 9.97. The van der Waals surface area contributed by atoms with Crippen LogP contribution < -0.4 is 0 Å².